The largest absolute Gasteiger partial charge is 0.461 e. The number of Topliss-reactive ketones (excluding diaryl/α,β-unsaturated/α-hetero) is 1. The number of carbonyl (C=O) groups is 2. The number of hydrogen-bond acceptors (Lipinski definition) is 4. The van der Waals surface area contributed by atoms with Crippen LogP contribution in [0.1, 0.15) is 39.5 Å². The number of aliphatic hydroxyl groups is 1. The van der Waals surface area contributed by atoms with Crippen molar-refractivity contribution >= 4 is 11.8 Å². The number of fused-ring (bicyclic) bond motifs is 1. The van der Waals surface area contributed by atoms with E-state index in [0.29, 0.717) is 17.9 Å². The highest BCUT2D eigenvalue weighted by Gasteiger charge is 2.51. The third-order valence-electron chi connectivity index (χ3n) is 5.00. The zero-order valence-corrected chi connectivity index (χ0v) is 12.9. The molecule has 2 aliphatic rings. The second kappa shape index (κ2) is 6.14. The molecule has 0 amide bonds. The van der Waals surface area contributed by atoms with Crippen molar-refractivity contribution in [3.8, 4) is 0 Å². The number of rotatable bonds is 3. The lowest BCUT2D eigenvalue weighted by atomic mass is 9.51. The molecule has 0 saturated heterocycles. The lowest BCUT2D eigenvalue weighted by molar-refractivity contribution is -0.140. The van der Waals surface area contributed by atoms with E-state index in [4.69, 9.17) is 4.74 Å². The van der Waals surface area contributed by atoms with E-state index in [1.165, 1.54) is 12.5 Å². The van der Waals surface area contributed by atoms with Gasteiger partial charge in [0.25, 0.3) is 0 Å². The average Bonchev–Trinajstić information content (AvgIpc) is 2.48. The molecule has 0 aromatic heterocycles. The van der Waals surface area contributed by atoms with E-state index >= 15 is 0 Å². The van der Waals surface area contributed by atoms with E-state index in [9.17, 15) is 14.7 Å². The molecule has 116 valence electrons. The van der Waals surface area contributed by atoms with Crippen LogP contribution in [-0.2, 0) is 14.3 Å². The van der Waals surface area contributed by atoms with Crippen LogP contribution in [0.4, 0.5) is 0 Å². The zero-order chi connectivity index (χ0) is 15.6. The van der Waals surface area contributed by atoms with Crippen LogP contribution in [0.15, 0.2) is 23.8 Å². The second-order valence-corrected chi connectivity index (χ2v) is 6.56. The highest BCUT2D eigenvalue weighted by molar-refractivity contribution is 5.96. The summed E-state index contributed by atoms with van der Waals surface area (Å²) >= 11 is 0. The number of hydrogen-bond donors (Lipinski definition) is 1. The summed E-state index contributed by atoms with van der Waals surface area (Å²) in [6.45, 7) is 7.67. The Morgan fingerprint density at radius 2 is 2.29 bits per heavy atom. The van der Waals surface area contributed by atoms with Crippen molar-refractivity contribution in [1.29, 1.82) is 0 Å². The number of esters is 1. The Kier molecular flexibility index (Phi) is 4.67. The zero-order valence-electron chi connectivity index (χ0n) is 12.9. The summed E-state index contributed by atoms with van der Waals surface area (Å²) in [6, 6.07) is 0. The highest BCUT2D eigenvalue weighted by Crippen LogP contribution is 2.56. The van der Waals surface area contributed by atoms with Crippen molar-refractivity contribution in [3.63, 3.8) is 0 Å². The maximum Gasteiger partial charge on any atom is 0.302 e. The lowest BCUT2D eigenvalue weighted by Crippen LogP contribution is -2.49. The van der Waals surface area contributed by atoms with Crippen LogP contribution in [0, 0.1) is 17.3 Å². The molecule has 1 saturated carbocycles. The minimum absolute atomic E-state index is 0.0281. The van der Waals surface area contributed by atoms with E-state index in [1.807, 2.05) is 13.0 Å². The number of ketones is 1. The Hall–Kier alpha value is -1.42. The maximum absolute atomic E-state index is 12.5. The fraction of sp³-hybridized carbons (Fsp3) is 0.647. The van der Waals surface area contributed by atoms with Crippen molar-refractivity contribution in [2.45, 2.75) is 39.5 Å². The summed E-state index contributed by atoms with van der Waals surface area (Å²) in [7, 11) is 0. The van der Waals surface area contributed by atoms with E-state index < -0.39 is 0 Å². The molecule has 1 fully saturated rings. The van der Waals surface area contributed by atoms with Crippen LogP contribution in [0.2, 0.25) is 0 Å². The molecule has 4 nitrogen and oxygen atoms in total. The molecular weight excluding hydrogens is 268 g/mol. The van der Waals surface area contributed by atoms with Gasteiger partial charge in [-0.3, -0.25) is 9.59 Å². The predicted octanol–water partition coefficient (Wildman–Crippen LogP) is 2.42. The molecule has 0 aliphatic heterocycles. The van der Waals surface area contributed by atoms with Crippen molar-refractivity contribution in [2.24, 2.45) is 17.3 Å². The van der Waals surface area contributed by atoms with Gasteiger partial charge in [0.15, 0.2) is 5.78 Å². The molecule has 0 aromatic rings. The smallest absolute Gasteiger partial charge is 0.302 e. The summed E-state index contributed by atoms with van der Waals surface area (Å²) in [6.07, 6.45) is 4.77. The minimum atomic E-state index is -0.380. The number of carbonyl (C=O) groups excluding carboxylic acids is 2. The highest BCUT2D eigenvalue weighted by atomic mass is 16.5. The Labute approximate surface area is 125 Å². The first-order chi connectivity index (χ1) is 9.87. The fourth-order valence-corrected chi connectivity index (χ4v) is 3.50. The molecule has 2 aliphatic carbocycles. The molecule has 0 radical (unpaired) electrons. The van der Waals surface area contributed by atoms with Gasteiger partial charge >= 0.3 is 5.97 Å². The molecule has 2 rings (SSSR count). The number of aliphatic hydroxyl groups excluding tert-OH is 1. The summed E-state index contributed by atoms with van der Waals surface area (Å²) in [4.78, 5) is 23.4. The van der Waals surface area contributed by atoms with Gasteiger partial charge in [0.2, 0.25) is 0 Å². The summed E-state index contributed by atoms with van der Waals surface area (Å²) in [5.41, 5.74) is 1.55. The van der Waals surface area contributed by atoms with Crippen LogP contribution < -0.4 is 0 Å². The van der Waals surface area contributed by atoms with E-state index in [1.54, 1.807) is 0 Å². The Morgan fingerprint density at radius 3 is 2.90 bits per heavy atom. The first kappa shape index (κ1) is 16.0. The van der Waals surface area contributed by atoms with E-state index in [0.717, 1.165) is 19.3 Å². The Bertz CT molecular complexity index is 491. The van der Waals surface area contributed by atoms with Gasteiger partial charge in [0.1, 0.15) is 6.61 Å². The van der Waals surface area contributed by atoms with E-state index in [2.05, 4.69) is 6.58 Å². The van der Waals surface area contributed by atoms with Crippen LogP contribution in [0.3, 0.4) is 0 Å². The second-order valence-electron chi connectivity index (χ2n) is 6.56. The standard InChI is InChI=1S/C17H24O4/c1-11-5-4-6-13(9-21-12(2)19)16(20)7-15-14(11)8-17(15,3)10-18/h6,14-15,18H,1,4-5,7-10H2,2-3H3/b13-6-/t14-,15-,17-/m1/s1. The van der Waals surface area contributed by atoms with Gasteiger partial charge in [0, 0.05) is 25.5 Å². The normalized spacial score (nSPS) is 35.5. The summed E-state index contributed by atoms with van der Waals surface area (Å²) in [5, 5.41) is 9.61. The minimum Gasteiger partial charge on any atom is -0.461 e. The summed E-state index contributed by atoms with van der Waals surface area (Å²) < 4.78 is 4.97. The molecule has 0 aromatic carbocycles. The van der Waals surface area contributed by atoms with Crippen molar-refractivity contribution in [2.75, 3.05) is 13.2 Å². The van der Waals surface area contributed by atoms with Crippen LogP contribution in [0.5, 0.6) is 0 Å². The van der Waals surface area contributed by atoms with Gasteiger partial charge in [0.05, 0.1) is 0 Å². The molecule has 0 bridgehead atoms. The molecule has 0 unspecified atom stereocenters. The Morgan fingerprint density at radius 1 is 1.57 bits per heavy atom. The number of allylic oxidation sites excluding steroid dienone is 2. The van der Waals surface area contributed by atoms with Crippen molar-refractivity contribution in [1.82, 2.24) is 0 Å². The summed E-state index contributed by atoms with van der Waals surface area (Å²) in [5.74, 6) is 0.115. The average molecular weight is 292 g/mol. The fourth-order valence-electron chi connectivity index (χ4n) is 3.50. The number of ether oxygens (including phenoxy) is 1. The van der Waals surface area contributed by atoms with Crippen LogP contribution >= 0.6 is 0 Å². The molecule has 3 atom stereocenters. The van der Waals surface area contributed by atoms with Crippen LogP contribution in [0.25, 0.3) is 0 Å². The van der Waals surface area contributed by atoms with Gasteiger partial charge in [-0.05, 0) is 36.5 Å². The molecule has 4 heteroatoms. The first-order valence-electron chi connectivity index (χ1n) is 7.51. The maximum atomic E-state index is 12.5. The molecular formula is C17H24O4. The third-order valence-corrected chi connectivity index (χ3v) is 5.00. The Balaban J connectivity index is 2.15. The van der Waals surface area contributed by atoms with Crippen LogP contribution in [-0.4, -0.2) is 30.1 Å². The van der Waals surface area contributed by atoms with Gasteiger partial charge in [-0.25, -0.2) is 0 Å². The van der Waals surface area contributed by atoms with Gasteiger partial charge in [-0.15, -0.1) is 0 Å². The van der Waals surface area contributed by atoms with Crippen molar-refractivity contribution < 1.29 is 19.4 Å². The lowest BCUT2D eigenvalue weighted by Gasteiger charge is -2.53. The van der Waals surface area contributed by atoms with Crippen molar-refractivity contribution in [3.05, 3.63) is 23.8 Å². The quantitative estimate of drug-likeness (QED) is 0.641. The molecule has 0 heterocycles. The van der Waals surface area contributed by atoms with Gasteiger partial charge < -0.3 is 9.84 Å². The van der Waals surface area contributed by atoms with Gasteiger partial charge in [-0.1, -0.05) is 25.2 Å². The first-order valence-corrected chi connectivity index (χ1v) is 7.51. The predicted molar refractivity (Wildman–Crippen MR) is 79.5 cm³/mol. The SMILES string of the molecule is C=C1CC/C=C(/COC(C)=O)C(=O)C[C@@H]2[C@@H]1C[C@]2(C)CO. The molecule has 21 heavy (non-hydrogen) atoms. The van der Waals surface area contributed by atoms with E-state index in [-0.39, 0.29) is 36.3 Å². The molecule has 0 spiro atoms. The topological polar surface area (TPSA) is 63.6 Å². The molecule has 1 N–H and O–H groups in total. The monoisotopic (exact) mass is 292 g/mol. The van der Waals surface area contributed by atoms with Gasteiger partial charge in [-0.2, -0.15) is 0 Å². The third kappa shape index (κ3) is 3.26.